The zero-order chi connectivity index (χ0) is 88.4. The number of unbranched alkanes of at least 4 members (excludes halogenated alkanes) is 4. The van der Waals surface area contributed by atoms with Gasteiger partial charge in [-0.2, -0.15) is 228 Å². The summed E-state index contributed by atoms with van der Waals surface area (Å²) in [4.78, 5) is 26.9. The number of hydrogen-bond acceptors (Lipinski definition) is 6. The van der Waals surface area contributed by atoms with Crippen LogP contribution in [0.4, 0.5) is 228 Å². The van der Waals surface area contributed by atoms with Gasteiger partial charge in [0.05, 0.1) is 0 Å². The Labute approximate surface area is 580 Å². The molecule has 110 heavy (non-hydrogen) atoms. The lowest BCUT2D eigenvalue weighted by Gasteiger charge is -2.40. The molecule has 0 rings (SSSR count). The van der Waals surface area contributed by atoms with Crippen LogP contribution < -0.4 is 5.32 Å². The van der Waals surface area contributed by atoms with Crippen LogP contribution in [0.25, 0.3) is 0 Å². The molecule has 0 aromatic rings. The van der Waals surface area contributed by atoms with Crippen molar-refractivity contribution < 1.29 is 247 Å². The van der Waals surface area contributed by atoms with E-state index in [-0.39, 0.29) is 45.2 Å². The van der Waals surface area contributed by atoms with Gasteiger partial charge in [0.2, 0.25) is 0 Å². The first kappa shape index (κ1) is 105. The maximum Gasteiger partial charge on any atom is 0.460 e. The van der Waals surface area contributed by atoms with E-state index in [1.807, 2.05) is 0 Å². The summed E-state index contributed by atoms with van der Waals surface area (Å²) < 4.78 is 723. The second-order valence-electron chi connectivity index (χ2n) is 24.4. The van der Waals surface area contributed by atoms with Gasteiger partial charge in [0.25, 0.3) is 0 Å². The number of esters is 2. The Balaban J connectivity index is 7.04. The summed E-state index contributed by atoms with van der Waals surface area (Å²) in [5.41, 5.74) is 0. The van der Waals surface area contributed by atoms with Crippen LogP contribution in [0.1, 0.15) is 122 Å². The van der Waals surface area contributed by atoms with E-state index in [0.29, 0.717) is 0 Å². The third-order valence-electron chi connectivity index (χ3n) is 15.8. The van der Waals surface area contributed by atoms with Crippen molar-refractivity contribution >= 4 is 11.9 Å². The molecule has 0 bridgehead atoms. The first-order valence-corrected chi connectivity index (χ1v) is 29.5. The number of hydrogen-bond donors (Lipinski definition) is 1. The topological polar surface area (TPSA) is 67.9 Å². The molecule has 658 valence electrons. The number of ether oxygens (including phenoxy) is 2. The molecule has 0 saturated carbocycles. The normalized spacial score (nSPS) is 15.8. The maximum atomic E-state index is 14.7. The number of carbonyl (C=O) groups excluding carboxylic acids is 2. The Kier molecular flexibility index (Phi) is 32.3. The highest BCUT2D eigenvalue weighted by atomic mass is 19.5. The molecule has 0 aliphatic carbocycles. The smallest absolute Gasteiger partial charge is 0.460 e. The molecule has 0 aliphatic heterocycles. The number of nitrogens with one attached hydrogen (secondary N) is 1. The summed E-state index contributed by atoms with van der Waals surface area (Å²) in [5.74, 6) is -169. The van der Waals surface area contributed by atoms with Gasteiger partial charge in [-0.3, -0.25) is 9.59 Å². The molecule has 6 nitrogen and oxygen atoms in total. The van der Waals surface area contributed by atoms with Crippen LogP contribution in [0.15, 0.2) is 0 Å². The highest BCUT2D eigenvalue weighted by Gasteiger charge is 2.95. The van der Waals surface area contributed by atoms with Gasteiger partial charge < -0.3 is 19.7 Å². The minimum Gasteiger partial charge on any atom is -0.462 e. The van der Waals surface area contributed by atoms with Gasteiger partial charge in [-0.25, -0.2) is 0 Å². The predicted octanol–water partition coefficient (Wildman–Crippen LogP) is 22.7. The molecule has 0 aromatic heterocycles. The zero-order valence-electron chi connectivity index (χ0n) is 53.8. The Morgan fingerprint density at radius 3 is 0.627 bits per heavy atom. The largest absolute Gasteiger partial charge is 0.462 e. The standard InChI is InChI=1S/C52H52F52N2O4/c1-106(2)23-9-22-105-24(10-5-3-7-12-27(107)109-25(14-18-29(53,54)33(61,62)37(69,70)41(77,78)45(85,86)49(93,94)95)15-19-30(55,56)34(63,64)38(71,72)42(79,80)46(87,88)50(96,97)98)11-6-4-8-13-28(108)110-26(16-20-31(57,58)35(65,66)39(73,74)43(81,82)47(89,90)51(99,100)101)17-21-32(59,60)36(67,68)40(75,76)44(83,84)48(91,92)52(102,103)104/h24-26,105H,3-23H2,1-2H3. The third-order valence-corrected chi connectivity index (χ3v) is 15.8. The van der Waals surface area contributed by atoms with Crippen LogP contribution in [-0.4, -0.2) is 205 Å². The lowest BCUT2D eigenvalue weighted by molar-refractivity contribution is -0.440. The van der Waals surface area contributed by atoms with Crippen molar-refractivity contribution in [2.75, 3.05) is 27.2 Å². The number of carbonyl (C=O) groups is 2. The van der Waals surface area contributed by atoms with Crippen LogP contribution in [0.3, 0.4) is 0 Å². The van der Waals surface area contributed by atoms with Crippen LogP contribution in [0.5, 0.6) is 0 Å². The molecule has 0 aromatic carbocycles. The van der Waals surface area contributed by atoms with Crippen molar-refractivity contribution in [3.05, 3.63) is 0 Å². The average Bonchev–Trinajstić information content (AvgIpc) is 0.730. The minimum atomic E-state index is -8.64. The second kappa shape index (κ2) is 33.8. The molecule has 58 heteroatoms. The van der Waals surface area contributed by atoms with E-state index in [4.69, 9.17) is 0 Å². The van der Waals surface area contributed by atoms with Crippen LogP contribution in [0, 0.1) is 0 Å². The maximum absolute atomic E-state index is 14.7. The van der Waals surface area contributed by atoms with Gasteiger partial charge in [-0.15, -0.1) is 0 Å². The molecule has 0 spiro atoms. The summed E-state index contributed by atoms with van der Waals surface area (Å²) in [7, 11) is 2.97. The summed E-state index contributed by atoms with van der Waals surface area (Å²) in [6.45, 7) is 0.183. The lowest BCUT2D eigenvalue weighted by atomic mass is 9.89. The highest BCUT2D eigenvalue weighted by molar-refractivity contribution is 5.69. The van der Waals surface area contributed by atoms with Crippen LogP contribution in [0.2, 0.25) is 0 Å². The third kappa shape index (κ3) is 20.3. The fourth-order valence-electron chi connectivity index (χ4n) is 8.94. The highest BCUT2D eigenvalue weighted by Crippen LogP contribution is 2.66. The molecule has 0 heterocycles. The number of rotatable bonds is 47. The molecule has 0 aliphatic rings. The van der Waals surface area contributed by atoms with E-state index in [1.54, 1.807) is 0 Å². The molecule has 0 unspecified atom stereocenters. The van der Waals surface area contributed by atoms with E-state index >= 15 is 0 Å². The quantitative estimate of drug-likeness (QED) is 0.0372. The summed E-state index contributed by atoms with van der Waals surface area (Å²) >= 11 is 0. The molecule has 0 saturated heterocycles. The summed E-state index contributed by atoms with van der Waals surface area (Å²) in [6.07, 6.45) is -71.3. The van der Waals surface area contributed by atoms with E-state index in [1.165, 1.54) is 19.0 Å². The van der Waals surface area contributed by atoms with Gasteiger partial charge in [-0.05, 0) is 85.0 Å². The Morgan fingerprint density at radius 1 is 0.255 bits per heavy atom. The van der Waals surface area contributed by atoms with Crippen LogP contribution in [-0.2, 0) is 19.1 Å². The number of halogens is 52. The van der Waals surface area contributed by atoms with Crippen molar-refractivity contribution in [2.24, 2.45) is 0 Å². The van der Waals surface area contributed by atoms with Gasteiger partial charge in [0.1, 0.15) is 12.2 Å². The van der Waals surface area contributed by atoms with E-state index in [2.05, 4.69) is 14.8 Å². The number of nitrogens with zero attached hydrogens (tertiary/aromatic N) is 1. The van der Waals surface area contributed by atoms with E-state index in [0.717, 1.165) is 0 Å². The van der Waals surface area contributed by atoms with Crippen molar-refractivity contribution in [3.8, 4) is 0 Å². The van der Waals surface area contributed by atoms with Crippen LogP contribution >= 0.6 is 0 Å². The van der Waals surface area contributed by atoms with Crippen molar-refractivity contribution in [3.63, 3.8) is 0 Å². The number of alkyl halides is 52. The van der Waals surface area contributed by atoms with E-state index in [9.17, 15) is 238 Å². The molecule has 0 radical (unpaired) electrons. The van der Waals surface area contributed by atoms with Crippen molar-refractivity contribution in [1.82, 2.24) is 10.2 Å². The monoisotopic (exact) mass is 1760 g/mol. The molecule has 0 atom stereocenters. The van der Waals surface area contributed by atoms with Gasteiger partial charge in [0.15, 0.2) is 0 Å². The first-order chi connectivity index (χ1) is 47.9. The van der Waals surface area contributed by atoms with Crippen molar-refractivity contribution in [2.45, 2.75) is 283 Å². The summed E-state index contributed by atoms with van der Waals surface area (Å²) in [5, 5.41) is 2.83. The van der Waals surface area contributed by atoms with Gasteiger partial charge >= 0.3 is 155 Å². The van der Waals surface area contributed by atoms with Gasteiger partial charge in [0, 0.05) is 44.6 Å². The zero-order valence-corrected chi connectivity index (χ0v) is 53.8. The van der Waals surface area contributed by atoms with Gasteiger partial charge in [-0.1, -0.05) is 25.7 Å². The first-order valence-electron chi connectivity index (χ1n) is 29.5. The SMILES string of the molecule is CN(C)CCCNC(CCCCCC(=O)OC(CCC(F)(F)C(F)(F)C(F)(F)C(F)(F)C(F)(F)C(F)(F)F)CCC(F)(F)C(F)(F)C(F)(F)C(F)(F)C(F)(F)C(F)(F)F)CCCCCC(=O)OC(CCC(F)(F)C(F)(F)C(F)(F)C(F)(F)C(F)(F)C(F)(F)F)CCC(F)(F)C(F)(F)C(F)(F)C(F)(F)C(F)(F)C(F)(F)F. The average molecular weight is 1760 g/mol. The Bertz CT molecular complexity index is 2590. The Hall–Kier alpha value is -4.78. The molecular weight excluding hydrogens is 1700 g/mol. The molecule has 0 amide bonds. The fourth-order valence-corrected chi connectivity index (χ4v) is 8.94. The van der Waals surface area contributed by atoms with E-state index < -0.39 is 263 Å². The summed E-state index contributed by atoms with van der Waals surface area (Å²) in [6, 6.07) is -0.929. The fraction of sp³-hybridized carbons (Fsp3) is 0.962. The predicted molar refractivity (Wildman–Crippen MR) is 261 cm³/mol. The Morgan fingerprint density at radius 2 is 0.445 bits per heavy atom. The van der Waals surface area contributed by atoms with Crippen molar-refractivity contribution in [1.29, 1.82) is 0 Å². The molecular formula is C52H52F52N2O4. The second-order valence-corrected chi connectivity index (χ2v) is 24.4. The molecule has 0 fully saturated rings. The molecule has 1 N–H and O–H groups in total. The minimum absolute atomic E-state index is 0.0450. The lowest BCUT2D eigenvalue weighted by Crippen LogP contribution is -2.70.